The Morgan fingerprint density at radius 1 is 1.23 bits per heavy atom. The molecule has 0 unspecified atom stereocenters. The van der Waals surface area contributed by atoms with Gasteiger partial charge in [0.25, 0.3) is 11.2 Å². The molecule has 1 aromatic heterocycles. The quantitative estimate of drug-likeness (QED) is 0.260. The highest BCUT2D eigenvalue weighted by Crippen LogP contribution is 2.31. The van der Waals surface area contributed by atoms with Gasteiger partial charge in [-0.1, -0.05) is 19.1 Å². The van der Waals surface area contributed by atoms with Crippen LogP contribution in [-0.2, 0) is 11.2 Å². The summed E-state index contributed by atoms with van der Waals surface area (Å²) in [6.07, 6.45) is 0.0771. The highest BCUT2D eigenvalue weighted by molar-refractivity contribution is 5.89. The number of benzene rings is 2. The Morgan fingerprint density at radius 3 is 2.55 bits per heavy atom. The number of nitro benzene ring substituents is 1. The molecule has 9 heteroatoms. The normalized spacial score (nSPS) is 18.6. The molecule has 4 rings (SSSR count). The van der Waals surface area contributed by atoms with Gasteiger partial charge in [0.2, 0.25) is 0 Å². The molecule has 31 heavy (non-hydrogen) atoms. The maximum atomic E-state index is 13.2. The van der Waals surface area contributed by atoms with Crippen LogP contribution in [0, 0.1) is 10.1 Å². The molecule has 9 nitrogen and oxygen atoms in total. The van der Waals surface area contributed by atoms with Crippen molar-refractivity contribution in [1.82, 2.24) is 9.66 Å². The van der Waals surface area contributed by atoms with Gasteiger partial charge in [-0.05, 0) is 38.1 Å². The molecule has 0 saturated carbocycles. The zero-order chi connectivity index (χ0) is 22.3. The molecule has 2 aromatic carbocycles. The largest absolute Gasteiger partial charge is 0.457 e. The lowest BCUT2D eigenvalue weighted by atomic mass is 10.2. The Kier molecular flexibility index (Phi) is 5.18. The number of fused-ring (bicyclic) bond motifs is 1. The average molecular weight is 422 g/mol. The number of hydrogen-bond donors (Lipinski definition) is 0. The van der Waals surface area contributed by atoms with E-state index < -0.39 is 17.0 Å². The number of carbonyl (C=O) groups is 1. The van der Waals surface area contributed by atoms with Crippen LogP contribution < -0.4 is 10.6 Å². The van der Waals surface area contributed by atoms with Gasteiger partial charge in [0.1, 0.15) is 18.0 Å². The molecule has 2 heterocycles. The van der Waals surface area contributed by atoms with Crippen molar-refractivity contribution in [3.05, 3.63) is 80.4 Å². The van der Waals surface area contributed by atoms with Gasteiger partial charge in [-0.25, -0.2) is 14.5 Å². The lowest BCUT2D eigenvalue weighted by molar-refractivity contribution is -0.384. The predicted molar refractivity (Wildman–Crippen MR) is 115 cm³/mol. The first-order valence-electron chi connectivity index (χ1n) is 10.1. The van der Waals surface area contributed by atoms with Gasteiger partial charge in [0.05, 0.1) is 27.4 Å². The van der Waals surface area contributed by atoms with Crippen molar-refractivity contribution in [1.29, 1.82) is 0 Å². The Morgan fingerprint density at radius 2 is 1.90 bits per heavy atom. The van der Waals surface area contributed by atoms with E-state index in [0.717, 1.165) is 0 Å². The summed E-state index contributed by atoms with van der Waals surface area (Å²) in [5.74, 6) is 0.0769. The van der Waals surface area contributed by atoms with Crippen LogP contribution >= 0.6 is 0 Å². The van der Waals surface area contributed by atoms with Crippen molar-refractivity contribution in [3.8, 4) is 0 Å². The van der Waals surface area contributed by atoms with Gasteiger partial charge in [0, 0.05) is 18.6 Å². The summed E-state index contributed by atoms with van der Waals surface area (Å²) in [6.45, 7) is 5.67. The third-order valence-corrected chi connectivity index (χ3v) is 5.58. The molecule has 1 aliphatic rings. The number of hydrogen-bond acceptors (Lipinski definition) is 7. The fraction of sp³-hybridized carbons (Fsp3) is 0.318. The lowest BCUT2D eigenvalue weighted by Gasteiger charge is -2.18. The minimum absolute atomic E-state index is 0.0226. The van der Waals surface area contributed by atoms with Crippen LogP contribution in [0.2, 0.25) is 0 Å². The molecule has 0 aliphatic carbocycles. The summed E-state index contributed by atoms with van der Waals surface area (Å²) in [6, 6.07) is 12.3. The molecule has 3 atom stereocenters. The van der Waals surface area contributed by atoms with Crippen LogP contribution in [0.15, 0.2) is 53.3 Å². The maximum Gasteiger partial charge on any atom is 0.338 e. The van der Waals surface area contributed by atoms with Gasteiger partial charge in [-0.2, -0.15) is 0 Å². The summed E-state index contributed by atoms with van der Waals surface area (Å²) >= 11 is 0. The van der Waals surface area contributed by atoms with Gasteiger partial charge in [-0.3, -0.25) is 19.9 Å². The van der Waals surface area contributed by atoms with Crippen molar-refractivity contribution >= 4 is 22.6 Å². The molecular formula is C22H22N4O5. The second kappa shape index (κ2) is 7.82. The maximum absolute atomic E-state index is 13.2. The smallest absolute Gasteiger partial charge is 0.338 e. The summed E-state index contributed by atoms with van der Waals surface area (Å²) in [5, 5.41) is 13.2. The van der Waals surface area contributed by atoms with Crippen molar-refractivity contribution < 1.29 is 14.5 Å². The Labute approximate surface area is 178 Å². The van der Waals surface area contributed by atoms with Crippen molar-refractivity contribution in [2.75, 3.05) is 5.01 Å². The van der Waals surface area contributed by atoms with Gasteiger partial charge >= 0.3 is 5.97 Å². The number of aromatic nitrogens is 2. The second-order valence-corrected chi connectivity index (χ2v) is 7.54. The van der Waals surface area contributed by atoms with E-state index in [0.29, 0.717) is 23.1 Å². The van der Waals surface area contributed by atoms with Crippen molar-refractivity contribution in [3.63, 3.8) is 0 Å². The van der Waals surface area contributed by atoms with Gasteiger partial charge < -0.3 is 4.74 Å². The Bertz CT molecular complexity index is 1220. The highest BCUT2D eigenvalue weighted by atomic mass is 16.6. The number of ether oxygens (including phenoxy) is 1. The van der Waals surface area contributed by atoms with E-state index in [-0.39, 0.29) is 28.9 Å². The zero-order valence-corrected chi connectivity index (χ0v) is 17.4. The second-order valence-electron chi connectivity index (χ2n) is 7.54. The third-order valence-electron chi connectivity index (χ3n) is 5.58. The first kappa shape index (κ1) is 20.5. The first-order chi connectivity index (χ1) is 14.8. The minimum atomic E-state index is -0.568. The number of carbonyl (C=O) groups excluding carboxylic acids is 1. The van der Waals surface area contributed by atoms with E-state index >= 15 is 0 Å². The number of esters is 1. The average Bonchev–Trinajstić information content (AvgIpc) is 3.43. The Hall–Kier alpha value is -3.75. The summed E-state index contributed by atoms with van der Waals surface area (Å²) in [5.41, 5.74) is 0.646. The number of para-hydroxylation sites is 1. The molecule has 0 amide bonds. The SMILES string of the molecule is CCc1nc2ccccc2c(=O)n1N1[C@@H]([C@@H](C)OC(=O)c2ccc([N+](=O)[O-])cc2)[C@H]1C. The van der Waals surface area contributed by atoms with Gasteiger partial charge in [0.15, 0.2) is 0 Å². The third kappa shape index (κ3) is 3.63. The van der Waals surface area contributed by atoms with Crippen LogP contribution in [0.4, 0.5) is 5.69 Å². The minimum Gasteiger partial charge on any atom is -0.457 e. The number of nitro groups is 1. The van der Waals surface area contributed by atoms with Gasteiger partial charge in [-0.15, -0.1) is 0 Å². The number of aryl methyl sites for hydroxylation is 1. The van der Waals surface area contributed by atoms with E-state index in [1.807, 2.05) is 31.0 Å². The highest BCUT2D eigenvalue weighted by Gasteiger charge is 2.51. The lowest BCUT2D eigenvalue weighted by Crippen LogP contribution is -2.36. The van der Waals surface area contributed by atoms with Crippen LogP contribution in [-0.4, -0.2) is 38.7 Å². The molecule has 1 saturated heterocycles. The zero-order valence-electron chi connectivity index (χ0n) is 17.4. The van der Waals surface area contributed by atoms with E-state index in [4.69, 9.17) is 4.74 Å². The number of nitrogens with zero attached hydrogens (tertiary/aromatic N) is 4. The monoisotopic (exact) mass is 422 g/mol. The van der Waals surface area contributed by atoms with Crippen molar-refractivity contribution in [2.24, 2.45) is 0 Å². The standard InChI is InChI=1S/C22H22N4O5/c1-4-19-23-18-8-6-5-7-17(18)21(27)25(19)24-13(2)20(24)14(3)31-22(28)15-9-11-16(12-10-15)26(29)30/h5-14,20H,4H2,1-3H3/t13-,14-,20-,24?/m1/s1. The van der Waals surface area contributed by atoms with E-state index in [1.54, 1.807) is 23.7 Å². The molecule has 160 valence electrons. The van der Waals surface area contributed by atoms with Crippen LogP contribution in [0.25, 0.3) is 10.9 Å². The van der Waals surface area contributed by atoms with Crippen LogP contribution in [0.3, 0.4) is 0 Å². The molecule has 1 fully saturated rings. The fourth-order valence-corrected chi connectivity index (χ4v) is 3.94. The predicted octanol–water partition coefficient (Wildman–Crippen LogP) is 2.82. The molecule has 3 aromatic rings. The molecule has 0 radical (unpaired) electrons. The molecule has 1 aliphatic heterocycles. The van der Waals surface area contributed by atoms with Crippen LogP contribution in [0.5, 0.6) is 0 Å². The molecule has 0 spiro atoms. The molecular weight excluding hydrogens is 400 g/mol. The molecule has 0 N–H and O–H groups in total. The van der Waals surface area contributed by atoms with Crippen molar-refractivity contribution in [2.45, 2.75) is 45.4 Å². The number of rotatable bonds is 6. The Balaban J connectivity index is 1.56. The number of non-ortho nitro benzene ring substituents is 1. The van der Waals surface area contributed by atoms with E-state index in [2.05, 4.69) is 4.98 Å². The topological polar surface area (TPSA) is 107 Å². The summed E-state index contributed by atoms with van der Waals surface area (Å²) < 4.78 is 7.19. The summed E-state index contributed by atoms with van der Waals surface area (Å²) in [7, 11) is 0. The fourth-order valence-electron chi connectivity index (χ4n) is 3.94. The van der Waals surface area contributed by atoms with E-state index in [9.17, 15) is 19.7 Å². The summed E-state index contributed by atoms with van der Waals surface area (Å²) in [4.78, 5) is 40.5. The van der Waals surface area contributed by atoms with Crippen LogP contribution in [0.1, 0.15) is 37.0 Å². The first-order valence-corrected chi connectivity index (χ1v) is 10.1. The van der Waals surface area contributed by atoms with E-state index in [1.165, 1.54) is 24.3 Å². The molecule has 0 bridgehead atoms.